The Kier molecular flexibility index (Phi) is 7.20. The van der Waals surface area contributed by atoms with E-state index in [1.807, 2.05) is 36.4 Å². The molecule has 9 heteroatoms. The number of carbonyl (C=O) groups is 2. The summed E-state index contributed by atoms with van der Waals surface area (Å²) < 4.78 is 5.36. The number of amides is 2. The Labute approximate surface area is 210 Å². The third-order valence-electron chi connectivity index (χ3n) is 6.54. The Morgan fingerprint density at radius 2 is 1.86 bits per heavy atom. The average Bonchev–Trinajstić information content (AvgIpc) is 3.02. The normalized spacial score (nSPS) is 15.6. The summed E-state index contributed by atoms with van der Waals surface area (Å²) in [6.45, 7) is 5.08. The van der Waals surface area contributed by atoms with Crippen LogP contribution in [0.1, 0.15) is 22.3 Å². The van der Waals surface area contributed by atoms with Crippen LogP contribution < -0.4 is 15.5 Å². The van der Waals surface area contributed by atoms with Gasteiger partial charge in [0, 0.05) is 55.3 Å². The van der Waals surface area contributed by atoms with Crippen molar-refractivity contribution in [2.24, 2.45) is 0 Å². The van der Waals surface area contributed by atoms with Crippen LogP contribution in [0.15, 0.2) is 54.7 Å². The number of fused-ring (bicyclic) bond motifs is 3. The van der Waals surface area contributed by atoms with E-state index < -0.39 is 0 Å². The molecular weight excluding hydrogens is 456 g/mol. The van der Waals surface area contributed by atoms with Crippen molar-refractivity contribution in [2.45, 2.75) is 12.8 Å². The van der Waals surface area contributed by atoms with Crippen LogP contribution in [0.4, 0.5) is 17.3 Å². The molecule has 5 rings (SSSR count). The summed E-state index contributed by atoms with van der Waals surface area (Å²) in [5.41, 5.74) is 4.63. The zero-order chi connectivity index (χ0) is 24.9. The molecule has 0 saturated carbocycles. The van der Waals surface area contributed by atoms with Crippen molar-refractivity contribution in [1.82, 2.24) is 20.2 Å². The van der Waals surface area contributed by atoms with Crippen LogP contribution in [0.3, 0.4) is 0 Å². The van der Waals surface area contributed by atoms with Gasteiger partial charge in [0.15, 0.2) is 0 Å². The van der Waals surface area contributed by atoms with Gasteiger partial charge in [0.1, 0.15) is 0 Å². The summed E-state index contributed by atoms with van der Waals surface area (Å²) in [7, 11) is 1.78. The lowest BCUT2D eigenvalue weighted by molar-refractivity contribution is -0.117. The van der Waals surface area contributed by atoms with Crippen molar-refractivity contribution < 1.29 is 14.3 Å². The smallest absolute Gasteiger partial charge is 0.251 e. The molecule has 0 aliphatic carbocycles. The molecule has 0 radical (unpaired) electrons. The Balaban J connectivity index is 1.21. The quantitative estimate of drug-likeness (QED) is 0.496. The number of nitrogens with zero attached hydrogens (tertiary/aromatic N) is 4. The minimum Gasteiger partial charge on any atom is -0.379 e. The van der Waals surface area contributed by atoms with E-state index in [0.717, 1.165) is 67.5 Å². The number of carbonyl (C=O) groups excluding carboxylic acids is 2. The van der Waals surface area contributed by atoms with E-state index >= 15 is 0 Å². The maximum absolute atomic E-state index is 12.6. The molecule has 2 amide bonds. The van der Waals surface area contributed by atoms with Gasteiger partial charge in [-0.3, -0.25) is 14.5 Å². The van der Waals surface area contributed by atoms with Crippen LogP contribution in [0.25, 0.3) is 11.3 Å². The molecule has 2 aliphatic rings. The average molecular weight is 487 g/mol. The lowest BCUT2D eigenvalue weighted by Crippen LogP contribution is -2.38. The second-order valence-corrected chi connectivity index (χ2v) is 8.98. The van der Waals surface area contributed by atoms with Gasteiger partial charge in [0.25, 0.3) is 5.91 Å². The summed E-state index contributed by atoms with van der Waals surface area (Å²) in [6, 6.07) is 15.0. The summed E-state index contributed by atoms with van der Waals surface area (Å²) in [4.78, 5) is 38.3. The van der Waals surface area contributed by atoms with Crippen molar-refractivity contribution in [3.63, 3.8) is 0 Å². The molecule has 0 atom stereocenters. The van der Waals surface area contributed by atoms with Crippen LogP contribution in [0.5, 0.6) is 0 Å². The van der Waals surface area contributed by atoms with E-state index in [4.69, 9.17) is 9.72 Å². The van der Waals surface area contributed by atoms with Crippen LogP contribution in [0, 0.1) is 0 Å². The van der Waals surface area contributed by atoms with Crippen LogP contribution in [-0.4, -0.2) is 73.1 Å². The van der Waals surface area contributed by atoms with Gasteiger partial charge in [-0.1, -0.05) is 18.2 Å². The van der Waals surface area contributed by atoms with E-state index in [1.54, 1.807) is 30.3 Å². The van der Waals surface area contributed by atoms with Gasteiger partial charge in [-0.15, -0.1) is 0 Å². The largest absolute Gasteiger partial charge is 0.379 e. The first kappa shape index (κ1) is 23.9. The van der Waals surface area contributed by atoms with Gasteiger partial charge in [0.05, 0.1) is 31.0 Å². The zero-order valence-corrected chi connectivity index (χ0v) is 20.4. The van der Waals surface area contributed by atoms with E-state index in [1.165, 1.54) is 0 Å². The highest BCUT2D eigenvalue weighted by molar-refractivity contribution is 6.01. The van der Waals surface area contributed by atoms with Gasteiger partial charge in [-0.25, -0.2) is 9.97 Å². The zero-order valence-electron chi connectivity index (χ0n) is 20.4. The third kappa shape index (κ3) is 5.37. The fourth-order valence-electron chi connectivity index (χ4n) is 4.48. The number of hydrogen-bond donors (Lipinski definition) is 2. The molecule has 1 aromatic heterocycles. The Bertz CT molecular complexity index is 1240. The molecule has 0 spiro atoms. The highest BCUT2D eigenvalue weighted by Crippen LogP contribution is 2.35. The minimum atomic E-state index is -0.0878. The number of ether oxygens (including phenoxy) is 1. The SMILES string of the molecule is CN1C(=O)Cc2cnc(Nc3ccc(C(=O)NCCCN4CCOCC4)cc3)nc2-c2ccccc21. The number of likely N-dealkylation sites (N-methyl/N-ethyl adjacent to an activating group) is 1. The van der Waals surface area contributed by atoms with Crippen molar-refractivity contribution in [1.29, 1.82) is 0 Å². The highest BCUT2D eigenvalue weighted by atomic mass is 16.5. The molecule has 0 unspecified atom stereocenters. The molecule has 36 heavy (non-hydrogen) atoms. The lowest BCUT2D eigenvalue weighted by atomic mass is 10.1. The van der Waals surface area contributed by atoms with Gasteiger partial charge >= 0.3 is 0 Å². The maximum atomic E-state index is 12.6. The third-order valence-corrected chi connectivity index (χ3v) is 6.54. The summed E-state index contributed by atoms with van der Waals surface area (Å²) in [5, 5.41) is 6.21. The lowest BCUT2D eigenvalue weighted by Gasteiger charge is -2.26. The van der Waals surface area contributed by atoms with E-state index in [9.17, 15) is 9.59 Å². The van der Waals surface area contributed by atoms with E-state index in [2.05, 4.69) is 20.5 Å². The van der Waals surface area contributed by atoms with Crippen molar-refractivity contribution in [3.05, 3.63) is 65.9 Å². The first-order valence-corrected chi connectivity index (χ1v) is 12.3. The van der Waals surface area contributed by atoms with Crippen LogP contribution in [-0.2, 0) is 16.0 Å². The standard InChI is InChI=1S/C27H30N6O3/c1-32-23-6-3-2-5-22(23)25-20(17-24(32)34)18-29-27(31-25)30-21-9-7-19(8-10-21)26(35)28-11-4-12-33-13-15-36-16-14-33/h2-3,5-10,18H,4,11-17H2,1H3,(H,28,35)(H,29,30,31). The van der Waals surface area contributed by atoms with Crippen molar-refractivity contribution in [2.75, 3.05) is 56.7 Å². The van der Waals surface area contributed by atoms with Gasteiger partial charge < -0.3 is 20.3 Å². The Hall–Kier alpha value is -3.82. The second-order valence-electron chi connectivity index (χ2n) is 8.98. The maximum Gasteiger partial charge on any atom is 0.251 e. The monoisotopic (exact) mass is 486 g/mol. The molecule has 186 valence electrons. The van der Waals surface area contributed by atoms with Crippen molar-refractivity contribution in [3.8, 4) is 11.3 Å². The molecule has 1 saturated heterocycles. The van der Waals surface area contributed by atoms with E-state index in [-0.39, 0.29) is 18.2 Å². The molecule has 3 heterocycles. The number of hydrogen-bond acceptors (Lipinski definition) is 7. The Morgan fingerprint density at radius 1 is 1.08 bits per heavy atom. The predicted molar refractivity (Wildman–Crippen MR) is 139 cm³/mol. The molecule has 3 aromatic rings. The number of aromatic nitrogens is 2. The molecule has 1 fully saturated rings. The first-order valence-electron chi connectivity index (χ1n) is 12.3. The highest BCUT2D eigenvalue weighted by Gasteiger charge is 2.24. The summed E-state index contributed by atoms with van der Waals surface area (Å²) in [5.74, 6) is 0.344. The number of anilines is 3. The van der Waals surface area contributed by atoms with Crippen LogP contribution in [0.2, 0.25) is 0 Å². The fourth-order valence-corrected chi connectivity index (χ4v) is 4.48. The van der Waals surface area contributed by atoms with E-state index in [0.29, 0.717) is 18.1 Å². The van der Waals surface area contributed by atoms with Crippen LogP contribution >= 0.6 is 0 Å². The minimum absolute atomic E-state index is 0.000435. The predicted octanol–water partition coefficient (Wildman–Crippen LogP) is 2.86. The first-order chi connectivity index (χ1) is 17.6. The number of para-hydroxylation sites is 1. The molecule has 9 nitrogen and oxygen atoms in total. The van der Waals surface area contributed by atoms with Gasteiger partial charge in [0.2, 0.25) is 11.9 Å². The number of rotatable bonds is 7. The second kappa shape index (κ2) is 10.8. The van der Waals surface area contributed by atoms with Crippen molar-refractivity contribution >= 4 is 29.1 Å². The molecule has 0 bridgehead atoms. The molecule has 2 N–H and O–H groups in total. The topological polar surface area (TPSA) is 99.7 Å². The number of nitrogens with one attached hydrogen (secondary N) is 2. The molecule has 2 aromatic carbocycles. The fraction of sp³-hybridized carbons (Fsp3) is 0.333. The summed E-state index contributed by atoms with van der Waals surface area (Å²) >= 11 is 0. The van der Waals surface area contributed by atoms with Gasteiger partial charge in [-0.05, 0) is 43.3 Å². The number of benzene rings is 2. The molecule has 2 aliphatic heterocycles. The van der Waals surface area contributed by atoms with Gasteiger partial charge in [-0.2, -0.15) is 0 Å². The summed E-state index contributed by atoms with van der Waals surface area (Å²) in [6.07, 6.45) is 2.86. The Morgan fingerprint density at radius 3 is 2.67 bits per heavy atom. The molecular formula is C27H30N6O3. The number of morpholine rings is 1.